The van der Waals surface area contributed by atoms with Gasteiger partial charge in [-0.2, -0.15) is 0 Å². The molecule has 1 saturated heterocycles. The van der Waals surface area contributed by atoms with Gasteiger partial charge in [0.1, 0.15) is 11.8 Å². The van der Waals surface area contributed by atoms with Crippen LogP contribution in [-0.2, 0) is 19.1 Å². The minimum atomic E-state index is -0.628. The van der Waals surface area contributed by atoms with E-state index in [-0.39, 0.29) is 0 Å². The number of benzene rings is 1. The molecule has 1 fully saturated rings. The van der Waals surface area contributed by atoms with Gasteiger partial charge in [-0.1, -0.05) is 12.1 Å². The maximum atomic E-state index is 12.2. The van der Waals surface area contributed by atoms with Crippen molar-refractivity contribution in [3.8, 4) is 5.75 Å². The normalized spacial score (nSPS) is 17.3. The molecule has 1 aromatic carbocycles. The number of nitrogens with zero attached hydrogens (tertiary/aromatic N) is 1. The number of methoxy groups -OCH3 is 1. The first-order valence-electron chi connectivity index (χ1n) is 8.09. The fourth-order valence-corrected chi connectivity index (χ4v) is 2.67. The molecule has 0 aromatic heterocycles. The largest absolute Gasteiger partial charge is 0.497 e. The molecule has 7 nitrogen and oxygen atoms in total. The van der Waals surface area contributed by atoms with Gasteiger partial charge >= 0.3 is 5.97 Å². The van der Waals surface area contributed by atoms with Crippen molar-refractivity contribution in [1.29, 1.82) is 0 Å². The van der Waals surface area contributed by atoms with Gasteiger partial charge in [-0.05, 0) is 43.0 Å². The number of piperidine rings is 1. The van der Waals surface area contributed by atoms with Gasteiger partial charge in [-0.3, -0.25) is 9.59 Å². The van der Waals surface area contributed by atoms with Crippen molar-refractivity contribution in [1.82, 2.24) is 4.90 Å². The molecule has 0 radical (unpaired) electrons. The number of carbonyl (C=O) groups excluding carboxylic acids is 3. The lowest BCUT2D eigenvalue weighted by Crippen LogP contribution is -2.51. The summed E-state index contributed by atoms with van der Waals surface area (Å²) in [6.07, 6.45) is 5.03. The number of nitrogens with two attached hydrogens (primary N) is 1. The Hall–Kier alpha value is -2.83. The van der Waals surface area contributed by atoms with Crippen molar-refractivity contribution in [3.63, 3.8) is 0 Å². The number of carbonyl (C=O) groups is 3. The maximum absolute atomic E-state index is 12.2. The van der Waals surface area contributed by atoms with Crippen molar-refractivity contribution >= 4 is 23.9 Å². The van der Waals surface area contributed by atoms with Crippen LogP contribution in [-0.4, -0.2) is 49.0 Å². The maximum Gasteiger partial charge on any atom is 0.331 e. The summed E-state index contributed by atoms with van der Waals surface area (Å²) in [5.74, 6) is -0.846. The van der Waals surface area contributed by atoms with Crippen LogP contribution in [0.15, 0.2) is 30.3 Å². The van der Waals surface area contributed by atoms with Gasteiger partial charge in [-0.15, -0.1) is 0 Å². The number of hydrogen-bond donors (Lipinski definition) is 1. The summed E-state index contributed by atoms with van der Waals surface area (Å²) in [7, 11) is 1.57. The third-order valence-electron chi connectivity index (χ3n) is 4.02. The molecule has 0 unspecified atom stereocenters. The zero-order valence-electron chi connectivity index (χ0n) is 14.1. The van der Waals surface area contributed by atoms with E-state index in [4.69, 9.17) is 15.2 Å². The Labute approximate surface area is 146 Å². The second kappa shape index (κ2) is 8.86. The molecule has 1 aliphatic rings. The molecule has 2 amide bonds. The summed E-state index contributed by atoms with van der Waals surface area (Å²) in [4.78, 5) is 36.7. The van der Waals surface area contributed by atoms with E-state index >= 15 is 0 Å². The number of esters is 1. The summed E-state index contributed by atoms with van der Waals surface area (Å²) in [5, 5.41) is 0. The Morgan fingerprint density at radius 3 is 2.60 bits per heavy atom. The zero-order chi connectivity index (χ0) is 18.2. The summed E-state index contributed by atoms with van der Waals surface area (Å²) in [6.45, 7) is 0.0429. The van der Waals surface area contributed by atoms with E-state index in [0.29, 0.717) is 13.0 Å². The Kier molecular flexibility index (Phi) is 6.56. The molecule has 1 aromatic rings. The van der Waals surface area contributed by atoms with Gasteiger partial charge in [0.2, 0.25) is 5.91 Å². The van der Waals surface area contributed by atoms with Crippen LogP contribution in [0.4, 0.5) is 0 Å². The highest BCUT2D eigenvalue weighted by molar-refractivity contribution is 5.91. The molecule has 0 aliphatic carbocycles. The first kappa shape index (κ1) is 18.5. The van der Waals surface area contributed by atoms with Crippen LogP contribution in [0.5, 0.6) is 5.75 Å². The molecule has 0 spiro atoms. The van der Waals surface area contributed by atoms with Crippen molar-refractivity contribution < 1.29 is 23.9 Å². The average molecular weight is 346 g/mol. The van der Waals surface area contributed by atoms with Gasteiger partial charge in [0.15, 0.2) is 6.61 Å². The molecule has 7 heteroatoms. The number of primary amides is 1. The van der Waals surface area contributed by atoms with Crippen molar-refractivity contribution in [2.24, 2.45) is 5.73 Å². The minimum Gasteiger partial charge on any atom is -0.497 e. The first-order chi connectivity index (χ1) is 12.0. The summed E-state index contributed by atoms with van der Waals surface area (Å²) in [6, 6.07) is 6.51. The predicted octanol–water partition coefficient (Wildman–Crippen LogP) is 1.12. The second-order valence-corrected chi connectivity index (χ2v) is 5.72. The third-order valence-corrected chi connectivity index (χ3v) is 4.02. The van der Waals surface area contributed by atoms with E-state index in [1.54, 1.807) is 37.5 Å². The number of ether oxygens (including phenoxy) is 2. The summed E-state index contributed by atoms with van der Waals surface area (Å²) >= 11 is 0. The Morgan fingerprint density at radius 2 is 1.96 bits per heavy atom. The topological polar surface area (TPSA) is 98.9 Å². The lowest BCUT2D eigenvalue weighted by atomic mass is 10.0. The number of rotatable bonds is 6. The fourth-order valence-electron chi connectivity index (χ4n) is 2.67. The van der Waals surface area contributed by atoms with E-state index in [9.17, 15) is 14.4 Å². The number of hydrogen-bond acceptors (Lipinski definition) is 5. The van der Waals surface area contributed by atoms with Crippen molar-refractivity contribution in [3.05, 3.63) is 35.9 Å². The molecule has 1 atom stereocenters. The third kappa shape index (κ3) is 5.34. The molecule has 1 heterocycles. The van der Waals surface area contributed by atoms with Crippen LogP contribution >= 0.6 is 0 Å². The van der Waals surface area contributed by atoms with Crippen molar-refractivity contribution in [2.45, 2.75) is 25.3 Å². The lowest BCUT2D eigenvalue weighted by molar-refractivity contribution is -0.151. The molecule has 2 N–H and O–H groups in total. The first-order valence-corrected chi connectivity index (χ1v) is 8.09. The molecule has 25 heavy (non-hydrogen) atoms. The molecular formula is C18H22N2O5. The average Bonchev–Trinajstić information content (AvgIpc) is 2.64. The number of likely N-dealkylation sites (tertiary alicyclic amines) is 1. The highest BCUT2D eigenvalue weighted by Gasteiger charge is 2.30. The molecule has 2 rings (SSSR count). The van der Waals surface area contributed by atoms with E-state index in [0.717, 1.165) is 24.2 Å². The van der Waals surface area contributed by atoms with Gasteiger partial charge in [0.25, 0.3) is 5.91 Å². The van der Waals surface area contributed by atoms with Crippen LogP contribution < -0.4 is 10.5 Å². The lowest BCUT2D eigenvalue weighted by Gasteiger charge is -2.33. The van der Waals surface area contributed by atoms with E-state index in [2.05, 4.69) is 0 Å². The van der Waals surface area contributed by atoms with Crippen LogP contribution in [0.2, 0.25) is 0 Å². The van der Waals surface area contributed by atoms with E-state index < -0.39 is 30.4 Å². The molecule has 0 bridgehead atoms. The Balaban J connectivity index is 1.84. The van der Waals surface area contributed by atoms with Crippen molar-refractivity contribution in [2.75, 3.05) is 20.3 Å². The van der Waals surface area contributed by atoms with Crippen LogP contribution in [0.25, 0.3) is 6.08 Å². The Bertz CT molecular complexity index is 654. The fraction of sp³-hybridized carbons (Fsp3) is 0.389. The second-order valence-electron chi connectivity index (χ2n) is 5.72. The SMILES string of the molecule is COc1ccc(/C=C/C(=O)OCC(=O)N2CCCC[C@@H]2C(N)=O)cc1. The Morgan fingerprint density at radius 1 is 1.24 bits per heavy atom. The summed E-state index contributed by atoms with van der Waals surface area (Å²) in [5.41, 5.74) is 6.12. The molecular weight excluding hydrogens is 324 g/mol. The van der Waals surface area contributed by atoms with E-state index in [1.807, 2.05) is 0 Å². The quantitative estimate of drug-likeness (QED) is 0.615. The monoisotopic (exact) mass is 346 g/mol. The van der Waals surface area contributed by atoms with Gasteiger partial charge < -0.3 is 20.1 Å². The molecule has 134 valence electrons. The van der Waals surface area contributed by atoms with Crippen LogP contribution in [0.1, 0.15) is 24.8 Å². The zero-order valence-corrected chi connectivity index (χ0v) is 14.1. The highest BCUT2D eigenvalue weighted by atomic mass is 16.5. The van der Waals surface area contributed by atoms with Gasteiger partial charge in [-0.25, -0.2) is 4.79 Å². The van der Waals surface area contributed by atoms with Gasteiger partial charge in [0, 0.05) is 12.6 Å². The van der Waals surface area contributed by atoms with Crippen LogP contribution in [0.3, 0.4) is 0 Å². The smallest absolute Gasteiger partial charge is 0.331 e. The van der Waals surface area contributed by atoms with E-state index in [1.165, 1.54) is 11.0 Å². The predicted molar refractivity (Wildman–Crippen MR) is 91.5 cm³/mol. The minimum absolute atomic E-state index is 0.407. The highest BCUT2D eigenvalue weighted by Crippen LogP contribution is 2.17. The molecule has 0 saturated carbocycles. The summed E-state index contributed by atoms with van der Waals surface area (Å²) < 4.78 is 10.0. The standard InChI is InChI=1S/C18H22N2O5/c1-24-14-8-5-13(6-9-14)7-10-17(22)25-12-16(21)20-11-3-2-4-15(20)18(19)23/h5-10,15H,2-4,11-12H2,1H3,(H2,19,23)/b10-7+/t15-/m1/s1. The van der Waals surface area contributed by atoms with Crippen LogP contribution in [0, 0.1) is 0 Å². The number of amides is 2. The van der Waals surface area contributed by atoms with Gasteiger partial charge in [0.05, 0.1) is 7.11 Å². The molecule has 1 aliphatic heterocycles.